The van der Waals surface area contributed by atoms with Gasteiger partial charge in [0.15, 0.2) is 6.61 Å². The van der Waals surface area contributed by atoms with Gasteiger partial charge in [-0.3, -0.25) is 9.48 Å². The third kappa shape index (κ3) is 4.23. The van der Waals surface area contributed by atoms with Crippen LogP contribution in [0.4, 0.5) is 0 Å². The van der Waals surface area contributed by atoms with Gasteiger partial charge in [0.05, 0.1) is 11.4 Å². The fourth-order valence-corrected chi connectivity index (χ4v) is 2.96. The summed E-state index contributed by atoms with van der Waals surface area (Å²) in [4.78, 5) is 13.0. The van der Waals surface area contributed by atoms with Crippen molar-refractivity contribution >= 4 is 17.2 Å². The van der Waals surface area contributed by atoms with Crippen LogP contribution in [-0.2, 0) is 11.3 Å². The molecule has 5 nitrogen and oxygen atoms in total. The van der Waals surface area contributed by atoms with Gasteiger partial charge in [0.1, 0.15) is 11.4 Å². The van der Waals surface area contributed by atoms with Crippen LogP contribution in [0.15, 0.2) is 54.0 Å². The van der Waals surface area contributed by atoms with Crippen molar-refractivity contribution in [1.29, 1.82) is 0 Å². The standard InChI is InChI=1S/C18H19N3O2S/c1-14-5-2-3-6-16(14)23-13-18(22)19-9-11-21-10-8-15(20-21)17-7-4-12-24-17/h2-8,10,12H,9,11,13H2,1H3,(H,19,22). The highest BCUT2D eigenvalue weighted by Gasteiger charge is 2.06. The molecule has 0 saturated carbocycles. The third-order valence-electron chi connectivity index (χ3n) is 3.53. The summed E-state index contributed by atoms with van der Waals surface area (Å²) >= 11 is 1.66. The lowest BCUT2D eigenvalue weighted by atomic mass is 10.2. The molecule has 2 aromatic heterocycles. The van der Waals surface area contributed by atoms with Crippen molar-refractivity contribution in [1.82, 2.24) is 15.1 Å². The first-order chi connectivity index (χ1) is 11.7. The Hall–Kier alpha value is -2.60. The quantitative estimate of drug-likeness (QED) is 0.718. The van der Waals surface area contributed by atoms with Gasteiger partial charge in [-0.1, -0.05) is 24.3 Å². The van der Waals surface area contributed by atoms with Crippen LogP contribution in [-0.4, -0.2) is 28.8 Å². The molecule has 1 N–H and O–H groups in total. The number of nitrogens with one attached hydrogen (secondary N) is 1. The van der Waals surface area contributed by atoms with E-state index in [1.807, 2.05) is 65.6 Å². The first-order valence-corrected chi connectivity index (χ1v) is 8.63. The number of ether oxygens (including phenoxy) is 1. The average molecular weight is 341 g/mol. The maximum atomic E-state index is 11.8. The van der Waals surface area contributed by atoms with Crippen LogP contribution in [0.1, 0.15) is 5.56 Å². The second-order valence-electron chi connectivity index (χ2n) is 5.35. The molecule has 2 heterocycles. The van der Waals surface area contributed by atoms with E-state index in [0.29, 0.717) is 13.1 Å². The predicted octanol–water partition coefficient (Wildman–Crippen LogP) is 3.12. The van der Waals surface area contributed by atoms with Crippen LogP contribution in [0.25, 0.3) is 10.6 Å². The van der Waals surface area contributed by atoms with Crippen molar-refractivity contribution in [2.75, 3.05) is 13.2 Å². The summed E-state index contributed by atoms with van der Waals surface area (Å²) in [6, 6.07) is 13.7. The van der Waals surface area contributed by atoms with Crippen molar-refractivity contribution in [3.63, 3.8) is 0 Å². The summed E-state index contributed by atoms with van der Waals surface area (Å²) in [5.74, 6) is 0.601. The van der Waals surface area contributed by atoms with Gasteiger partial charge >= 0.3 is 0 Å². The van der Waals surface area contributed by atoms with E-state index in [9.17, 15) is 4.79 Å². The highest BCUT2D eigenvalue weighted by atomic mass is 32.1. The minimum atomic E-state index is -0.135. The first kappa shape index (κ1) is 16.3. The third-order valence-corrected chi connectivity index (χ3v) is 4.42. The van der Waals surface area contributed by atoms with Crippen LogP contribution in [0.5, 0.6) is 5.75 Å². The summed E-state index contributed by atoms with van der Waals surface area (Å²) in [7, 11) is 0. The van der Waals surface area contributed by atoms with Crippen molar-refractivity contribution in [2.24, 2.45) is 0 Å². The zero-order valence-corrected chi connectivity index (χ0v) is 14.3. The summed E-state index contributed by atoms with van der Waals surface area (Å²) in [5, 5.41) is 9.37. The van der Waals surface area contributed by atoms with E-state index in [1.165, 1.54) is 0 Å². The second-order valence-corrected chi connectivity index (χ2v) is 6.29. The molecule has 3 rings (SSSR count). The molecular weight excluding hydrogens is 322 g/mol. The fraction of sp³-hybridized carbons (Fsp3) is 0.222. The van der Waals surface area contributed by atoms with Gasteiger partial charge in [-0.05, 0) is 36.1 Å². The SMILES string of the molecule is Cc1ccccc1OCC(=O)NCCn1ccc(-c2cccs2)n1. The minimum absolute atomic E-state index is 0.0183. The molecule has 0 atom stereocenters. The molecule has 0 bridgehead atoms. The number of aryl methyl sites for hydroxylation is 1. The molecule has 0 saturated heterocycles. The maximum Gasteiger partial charge on any atom is 0.258 e. The Kier molecular flexibility index (Phi) is 5.28. The maximum absolute atomic E-state index is 11.8. The number of nitrogens with zero attached hydrogens (tertiary/aromatic N) is 2. The molecule has 0 fully saturated rings. The molecule has 0 aliphatic heterocycles. The molecule has 0 aliphatic rings. The molecular formula is C18H19N3O2S. The van der Waals surface area contributed by atoms with Gasteiger partial charge in [-0.2, -0.15) is 5.10 Å². The van der Waals surface area contributed by atoms with Crippen LogP contribution in [0.3, 0.4) is 0 Å². The second kappa shape index (κ2) is 7.79. The van der Waals surface area contributed by atoms with Crippen LogP contribution in [0, 0.1) is 6.92 Å². The fourth-order valence-electron chi connectivity index (χ4n) is 2.26. The Labute approximate surface area is 144 Å². The monoisotopic (exact) mass is 341 g/mol. The largest absolute Gasteiger partial charge is 0.484 e. The molecule has 0 spiro atoms. The highest BCUT2D eigenvalue weighted by Crippen LogP contribution is 2.22. The Balaban J connectivity index is 1.41. The van der Waals surface area contributed by atoms with Gasteiger partial charge in [0, 0.05) is 12.7 Å². The van der Waals surface area contributed by atoms with Gasteiger partial charge in [-0.25, -0.2) is 0 Å². The molecule has 3 aromatic rings. The van der Waals surface area contributed by atoms with Crippen LogP contribution >= 0.6 is 11.3 Å². The Morgan fingerprint density at radius 1 is 1.25 bits per heavy atom. The van der Waals surface area contributed by atoms with E-state index in [0.717, 1.165) is 21.9 Å². The van der Waals surface area contributed by atoms with Crippen LogP contribution < -0.4 is 10.1 Å². The lowest BCUT2D eigenvalue weighted by molar-refractivity contribution is -0.123. The zero-order chi connectivity index (χ0) is 16.8. The summed E-state index contributed by atoms with van der Waals surface area (Å²) in [6.07, 6.45) is 1.92. The molecule has 24 heavy (non-hydrogen) atoms. The van der Waals surface area contributed by atoms with E-state index in [4.69, 9.17) is 4.74 Å². The number of carbonyl (C=O) groups excluding carboxylic acids is 1. The van der Waals surface area contributed by atoms with Crippen molar-refractivity contribution in [3.8, 4) is 16.3 Å². The number of para-hydroxylation sites is 1. The number of aromatic nitrogens is 2. The van der Waals surface area contributed by atoms with Crippen LogP contribution in [0.2, 0.25) is 0 Å². The number of benzene rings is 1. The van der Waals surface area contributed by atoms with Gasteiger partial charge in [0.2, 0.25) is 0 Å². The first-order valence-electron chi connectivity index (χ1n) is 7.75. The van der Waals surface area contributed by atoms with E-state index in [1.54, 1.807) is 11.3 Å². The van der Waals surface area contributed by atoms with E-state index < -0.39 is 0 Å². The summed E-state index contributed by atoms with van der Waals surface area (Å²) in [6.45, 7) is 3.11. The molecule has 0 unspecified atom stereocenters. The number of hydrogen-bond donors (Lipinski definition) is 1. The molecule has 1 amide bonds. The molecule has 1 aromatic carbocycles. The van der Waals surface area contributed by atoms with Gasteiger partial charge in [0.25, 0.3) is 5.91 Å². The smallest absolute Gasteiger partial charge is 0.258 e. The number of hydrogen-bond acceptors (Lipinski definition) is 4. The highest BCUT2D eigenvalue weighted by molar-refractivity contribution is 7.13. The van der Waals surface area contributed by atoms with Crippen molar-refractivity contribution < 1.29 is 9.53 Å². The average Bonchev–Trinajstić information content (AvgIpc) is 3.25. The van der Waals surface area contributed by atoms with Crippen molar-refractivity contribution in [2.45, 2.75) is 13.5 Å². The molecule has 0 radical (unpaired) electrons. The number of carbonyl (C=O) groups is 1. The topological polar surface area (TPSA) is 56.1 Å². The normalized spacial score (nSPS) is 10.5. The van der Waals surface area contributed by atoms with Gasteiger partial charge < -0.3 is 10.1 Å². The number of rotatable bonds is 7. The minimum Gasteiger partial charge on any atom is -0.484 e. The van der Waals surface area contributed by atoms with E-state index >= 15 is 0 Å². The molecule has 0 aliphatic carbocycles. The summed E-state index contributed by atoms with van der Waals surface area (Å²) in [5.41, 5.74) is 1.97. The lowest BCUT2D eigenvalue weighted by Crippen LogP contribution is -2.31. The molecule has 124 valence electrons. The number of amides is 1. The Morgan fingerprint density at radius 2 is 2.12 bits per heavy atom. The van der Waals surface area contributed by atoms with Crippen molar-refractivity contribution in [3.05, 3.63) is 59.6 Å². The lowest BCUT2D eigenvalue weighted by Gasteiger charge is -2.09. The number of thiophene rings is 1. The molecule has 6 heteroatoms. The van der Waals surface area contributed by atoms with E-state index in [2.05, 4.69) is 10.4 Å². The Morgan fingerprint density at radius 3 is 2.92 bits per heavy atom. The Bertz CT molecular complexity index is 796. The zero-order valence-electron chi connectivity index (χ0n) is 13.4. The van der Waals surface area contributed by atoms with E-state index in [-0.39, 0.29) is 12.5 Å². The summed E-state index contributed by atoms with van der Waals surface area (Å²) < 4.78 is 7.35. The predicted molar refractivity (Wildman–Crippen MR) is 95.2 cm³/mol. The van der Waals surface area contributed by atoms with Gasteiger partial charge in [-0.15, -0.1) is 11.3 Å².